The number of aromatic amines is 1. The van der Waals surface area contributed by atoms with E-state index in [1.807, 2.05) is 13.8 Å². The molecule has 0 saturated carbocycles. The smallest absolute Gasteiger partial charge is 0.227 e. The Morgan fingerprint density at radius 2 is 2.26 bits per heavy atom. The molecule has 0 spiro atoms. The second-order valence-electron chi connectivity index (χ2n) is 6.10. The Bertz CT molecular complexity index is 709. The first-order valence-corrected chi connectivity index (χ1v) is 7.69. The minimum absolute atomic E-state index is 0.0802. The largest absolute Gasteiger partial charge is 0.391 e. The Kier molecular flexibility index (Phi) is 4.17. The van der Waals surface area contributed by atoms with Crippen LogP contribution in [-0.2, 0) is 11.2 Å². The van der Waals surface area contributed by atoms with E-state index in [0.717, 1.165) is 22.5 Å². The topological polar surface area (TPSA) is 69.2 Å². The first-order valence-electron chi connectivity index (χ1n) is 7.69. The van der Waals surface area contributed by atoms with E-state index in [4.69, 9.17) is 0 Å². The summed E-state index contributed by atoms with van der Waals surface area (Å²) in [6.45, 7) is 4.01. The van der Waals surface area contributed by atoms with Gasteiger partial charge in [-0.1, -0.05) is 12.1 Å². The fourth-order valence-corrected chi connectivity index (χ4v) is 3.21. The Morgan fingerprint density at radius 1 is 1.48 bits per heavy atom. The lowest BCUT2D eigenvalue weighted by molar-refractivity contribution is -0.131. The minimum atomic E-state index is -0.584. The first kappa shape index (κ1) is 15.7. The zero-order chi connectivity index (χ0) is 16.6. The quantitative estimate of drug-likeness (QED) is 0.910. The highest BCUT2D eigenvalue weighted by atomic mass is 19.1. The maximum Gasteiger partial charge on any atom is 0.227 e. The summed E-state index contributed by atoms with van der Waals surface area (Å²) in [7, 11) is 0. The highest BCUT2D eigenvalue weighted by Gasteiger charge is 2.35. The van der Waals surface area contributed by atoms with Gasteiger partial charge in [-0.25, -0.2) is 4.39 Å². The van der Waals surface area contributed by atoms with Gasteiger partial charge in [0.2, 0.25) is 5.91 Å². The van der Waals surface area contributed by atoms with Crippen molar-refractivity contribution in [1.82, 2.24) is 15.1 Å². The molecule has 23 heavy (non-hydrogen) atoms. The predicted octanol–water partition coefficient (Wildman–Crippen LogP) is 2.04. The highest BCUT2D eigenvalue weighted by molar-refractivity contribution is 5.80. The number of aliphatic hydroxyl groups excluding tert-OH is 1. The van der Waals surface area contributed by atoms with Crippen molar-refractivity contribution in [3.63, 3.8) is 0 Å². The van der Waals surface area contributed by atoms with Gasteiger partial charge in [-0.2, -0.15) is 5.10 Å². The number of nitrogens with one attached hydrogen (secondary N) is 1. The van der Waals surface area contributed by atoms with E-state index in [0.29, 0.717) is 6.42 Å². The van der Waals surface area contributed by atoms with Crippen LogP contribution in [0.5, 0.6) is 0 Å². The standard InChI is InChI=1S/C17H20FN3O2/c1-10-15(11(2)20-19-10)8-17(23)21-9-14(22)7-16(21)12-4-3-5-13(18)6-12/h3-6,14,16,22H,7-9H2,1-2H3,(H,19,20). The summed E-state index contributed by atoms with van der Waals surface area (Å²) in [5, 5.41) is 17.0. The van der Waals surface area contributed by atoms with Crippen LogP contribution in [0.2, 0.25) is 0 Å². The van der Waals surface area contributed by atoms with Gasteiger partial charge in [0.25, 0.3) is 0 Å². The Morgan fingerprint density at radius 3 is 2.91 bits per heavy atom. The lowest BCUT2D eigenvalue weighted by Crippen LogP contribution is -2.33. The van der Waals surface area contributed by atoms with Crippen molar-refractivity contribution < 1.29 is 14.3 Å². The third kappa shape index (κ3) is 3.12. The van der Waals surface area contributed by atoms with Crippen LogP contribution in [0.25, 0.3) is 0 Å². The number of amides is 1. The average molecular weight is 317 g/mol. The Labute approximate surface area is 134 Å². The van der Waals surface area contributed by atoms with Crippen molar-refractivity contribution in [2.45, 2.75) is 38.8 Å². The molecule has 2 aromatic rings. The van der Waals surface area contributed by atoms with E-state index in [-0.39, 0.29) is 30.7 Å². The number of hydrogen-bond acceptors (Lipinski definition) is 3. The van der Waals surface area contributed by atoms with Crippen molar-refractivity contribution in [2.24, 2.45) is 0 Å². The average Bonchev–Trinajstić information content (AvgIpc) is 3.05. The number of aromatic nitrogens is 2. The molecule has 1 fully saturated rings. The number of carbonyl (C=O) groups excluding carboxylic acids is 1. The number of H-pyrrole nitrogens is 1. The number of carbonyl (C=O) groups is 1. The number of aryl methyl sites for hydroxylation is 2. The molecule has 1 aromatic heterocycles. The molecule has 0 radical (unpaired) electrons. The zero-order valence-electron chi connectivity index (χ0n) is 13.2. The molecule has 2 unspecified atom stereocenters. The monoisotopic (exact) mass is 317 g/mol. The van der Waals surface area contributed by atoms with Crippen molar-refractivity contribution in [2.75, 3.05) is 6.54 Å². The minimum Gasteiger partial charge on any atom is -0.391 e. The molecule has 1 saturated heterocycles. The molecule has 1 aliphatic rings. The number of nitrogens with zero attached hydrogens (tertiary/aromatic N) is 2. The number of β-amino-alcohol motifs (C(OH)–C–C–N with tert-alkyl or cyclic N) is 1. The summed E-state index contributed by atoms with van der Waals surface area (Å²) in [4.78, 5) is 14.4. The lowest BCUT2D eigenvalue weighted by atomic mass is 10.0. The molecule has 5 nitrogen and oxygen atoms in total. The van der Waals surface area contributed by atoms with Crippen LogP contribution in [0.1, 0.15) is 35.0 Å². The van der Waals surface area contributed by atoms with Crippen molar-refractivity contribution in [3.8, 4) is 0 Å². The zero-order valence-corrected chi connectivity index (χ0v) is 13.2. The van der Waals surface area contributed by atoms with Crippen LogP contribution >= 0.6 is 0 Å². The van der Waals surface area contributed by atoms with Gasteiger partial charge in [0, 0.05) is 17.8 Å². The van der Waals surface area contributed by atoms with E-state index in [2.05, 4.69) is 10.2 Å². The molecule has 6 heteroatoms. The maximum atomic E-state index is 13.5. The van der Waals surface area contributed by atoms with Crippen LogP contribution in [0, 0.1) is 19.7 Å². The second-order valence-corrected chi connectivity index (χ2v) is 6.10. The van der Waals surface area contributed by atoms with Crippen LogP contribution in [0.4, 0.5) is 4.39 Å². The van der Waals surface area contributed by atoms with E-state index in [1.54, 1.807) is 17.0 Å². The van der Waals surface area contributed by atoms with E-state index < -0.39 is 6.10 Å². The maximum absolute atomic E-state index is 13.5. The third-order valence-corrected chi connectivity index (χ3v) is 4.44. The predicted molar refractivity (Wildman–Crippen MR) is 83.2 cm³/mol. The second kappa shape index (κ2) is 6.12. The number of halogens is 1. The Balaban J connectivity index is 1.83. The van der Waals surface area contributed by atoms with E-state index in [1.165, 1.54) is 12.1 Å². The fraction of sp³-hybridized carbons (Fsp3) is 0.412. The van der Waals surface area contributed by atoms with Crippen LogP contribution in [-0.4, -0.2) is 38.8 Å². The van der Waals surface area contributed by atoms with E-state index in [9.17, 15) is 14.3 Å². The molecule has 0 aliphatic carbocycles. The van der Waals surface area contributed by atoms with Gasteiger partial charge in [-0.05, 0) is 38.0 Å². The van der Waals surface area contributed by atoms with Crippen LogP contribution in [0.15, 0.2) is 24.3 Å². The molecule has 2 heterocycles. The molecule has 122 valence electrons. The van der Waals surface area contributed by atoms with Crippen molar-refractivity contribution in [3.05, 3.63) is 52.6 Å². The van der Waals surface area contributed by atoms with Gasteiger partial charge in [-0.15, -0.1) is 0 Å². The molecular formula is C17H20FN3O2. The summed E-state index contributed by atoms with van der Waals surface area (Å²) in [5.74, 6) is -0.416. The number of benzene rings is 1. The van der Waals surface area contributed by atoms with Crippen LogP contribution in [0.3, 0.4) is 0 Å². The van der Waals surface area contributed by atoms with Gasteiger partial charge in [-0.3, -0.25) is 9.89 Å². The summed E-state index contributed by atoms with van der Waals surface area (Å²) >= 11 is 0. The number of aliphatic hydroxyl groups is 1. The summed E-state index contributed by atoms with van der Waals surface area (Å²) in [6.07, 6.45) is 0.0735. The molecule has 1 aliphatic heterocycles. The third-order valence-electron chi connectivity index (χ3n) is 4.44. The summed E-state index contributed by atoms with van der Waals surface area (Å²) < 4.78 is 13.5. The number of rotatable bonds is 3. The molecule has 1 aromatic carbocycles. The first-order chi connectivity index (χ1) is 11.0. The van der Waals surface area contributed by atoms with Crippen molar-refractivity contribution in [1.29, 1.82) is 0 Å². The lowest BCUT2D eigenvalue weighted by Gasteiger charge is -2.25. The van der Waals surface area contributed by atoms with Crippen molar-refractivity contribution >= 4 is 5.91 Å². The molecule has 1 amide bonds. The van der Waals surface area contributed by atoms with Gasteiger partial charge in [0.1, 0.15) is 5.82 Å². The molecule has 2 atom stereocenters. The van der Waals surface area contributed by atoms with Gasteiger partial charge in [0.05, 0.1) is 24.3 Å². The van der Waals surface area contributed by atoms with E-state index >= 15 is 0 Å². The van der Waals surface area contributed by atoms with Gasteiger partial charge in [0.15, 0.2) is 0 Å². The fourth-order valence-electron chi connectivity index (χ4n) is 3.21. The van der Waals surface area contributed by atoms with Gasteiger partial charge >= 0.3 is 0 Å². The van der Waals surface area contributed by atoms with Gasteiger partial charge < -0.3 is 10.0 Å². The molecular weight excluding hydrogens is 297 g/mol. The molecule has 2 N–H and O–H groups in total. The molecule has 0 bridgehead atoms. The molecule has 3 rings (SSSR count). The summed E-state index contributed by atoms with van der Waals surface area (Å²) in [6, 6.07) is 5.93. The summed E-state index contributed by atoms with van der Waals surface area (Å²) in [5.41, 5.74) is 3.28. The number of hydrogen-bond donors (Lipinski definition) is 2. The Hall–Kier alpha value is -2.21. The SMILES string of the molecule is Cc1n[nH]c(C)c1CC(=O)N1CC(O)CC1c1cccc(F)c1. The highest BCUT2D eigenvalue weighted by Crippen LogP contribution is 2.33. The number of likely N-dealkylation sites (tertiary alicyclic amines) is 1. The van der Waals surface area contributed by atoms with Crippen LogP contribution < -0.4 is 0 Å². The normalized spacial score (nSPS) is 21.0.